The Bertz CT molecular complexity index is 393. The molecule has 0 aromatic heterocycles. The highest BCUT2D eigenvalue weighted by Gasteiger charge is 2.17. The summed E-state index contributed by atoms with van der Waals surface area (Å²) in [4.78, 5) is 11.8. The molecule has 0 saturated heterocycles. The Kier molecular flexibility index (Phi) is 9.01. The second kappa shape index (κ2) is 9.61. The van der Waals surface area contributed by atoms with Gasteiger partial charge < -0.3 is 15.4 Å². The molecule has 0 aliphatic heterocycles. The van der Waals surface area contributed by atoms with E-state index in [1.54, 1.807) is 7.11 Å². The lowest BCUT2D eigenvalue weighted by Gasteiger charge is -2.23. The van der Waals surface area contributed by atoms with Gasteiger partial charge in [0, 0.05) is 13.0 Å². The highest BCUT2D eigenvalue weighted by atomic mass is 35.5. The first-order chi connectivity index (χ1) is 9.08. The first-order valence-electron chi connectivity index (χ1n) is 6.66. The number of halogens is 1. The molecule has 0 aliphatic rings. The predicted octanol–water partition coefficient (Wildman–Crippen LogP) is 2.54. The molecule has 1 aromatic rings. The van der Waals surface area contributed by atoms with Crippen LogP contribution < -0.4 is 15.4 Å². The van der Waals surface area contributed by atoms with E-state index in [1.165, 1.54) is 0 Å². The molecule has 5 heteroatoms. The highest BCUT2D eigenvalue weighted by molar-refractivity contribution is 5.85. The van der Waals surface area contributed by atoms with Crippen molar-refractivity contribution < 1.29 is 9.53 Å². The quantitative estimate of drug-likeness (QED) is 0.813. The second-order valence-electron chi connectivity index (χ2n) is 4.92. The summed E-state index contributed by atoms with van der Waals surface area (Å²) in [5.41, 5.74) is 1.11. The second-order valence-corrected chi connectivity index (χ2v) is 4.92. The minimum Gasteiger partial charge on any atom is -0.497 e. The van der Waals surface area contributed by atoms with Crippen LogP contribution in [-0.4, -0.2) is 26.6 Å². The number of nitrogens with one attached hydrogen (secondary N) is 2. The number of carbonyl (C=O) groups excluding carboxylic acids is 1. The molecule has 1 unspecified atom stereocenters. The van der Waals surface area contributed by atoms with Gasteiger partial charge in [-0.2, -0.15) is 0 Å². The van der Waals surface area contributed by atoms with Gasteiger partial charge in [-0.15, -0.1) is 12.4 Å². The van der Waals surface area contributed by atoms with E-state index in [0.717, 1.165) is 11.3 Å². The maximum absolute atomic E-state index is 11.8. The predicted molar refractivity (Wildman–Crippen MR) is 84.5 cm³/mol. The molecule has 0 bridgehead atoms. The van der Waals surface area contributed by atoms with Crippen molar-refractivity contribution in [1.29, 1.82) is 0 Å². The summed E-state index contributed by atoms with van der Waals surface area (Å²) >= 11 is 0. The van der Waals surface area contributed by atoms with Gasteiger partial charge in [-0.3, -0.25) is 4.79 Å². The number of rotatable bonds is 7. The van der Waals surface area contributed by atoms with Crippen LogP contribution in [0.3, 0.4) is 0 Å². The van der Waals surface area contributed by atoms with Crippen molar-refractivity contribution in [3.05, 3.63) is 29.8 Å². The zero-order valence-corrected chi connectivity index (χ0v) is 13.4. The minimum atomic E-state index is 0. The molecule has 0 saturated carbocycles. The average molecular weight is 301 g/mol. The molecule has 20 heavy (non-hydrogen) atoms. The van der Waals surface area contributed by atoms with E-state index in [1.807, 2.05) is 31.3 Å². The van der Waals surface area contributed by atoms with Crippen LogP contribution >= 0.6 is 12.4 Å². The molecule has 4 nitrogen and oxygen atoms in total. The number of hydrogen-bond donors (Lipinski definition) is 2. The van der Waals surface area contributed by atoms with Crippen LogP contribution in [0.1, 0.15) is 31.9 Å². The van der Waals surface area contributed by atoms with E-state index in [-0.39, 0.29) is 24.4 Å². The van der Waals surface area contributed by atoms with Gasteiger partial charge in [0.25, 0.3) is 0 Å². The van der Waals surface area contributed by atoms with E-state index in [4.69, 9.17) is 4.74 Å². The molecule has 0 fully saturated rings. The van der Waals surface area contributed by atoms with Crippen molar-refractivity contribution in [2.45, 2.75) is 26.3 Å². The van der Waals surface area contributed by atoms with Crippen LogP contribution in [0.4, 0.5) is 0 Å². The van der Waals surface area contributed by atoms with Gasteiger partial charge in [0.05, 0.1) is 13.2 Å². The third-order valence-electron chi connectivity index (χ3n) is 3.06. The van der Waals surface area contributed by atoms with Crippen LogP contribution in [0.5, 0.6) is 5.75 Å². The number of benzene rings is 1. The Hall–Kier alpha value is -1.26. The number of hydrogen-bond acceptors (Lipinski definition) is 3. The van der Waals surface area contributed by atoms with Gasteiger partial charge in [0.1, 0.15) is 5.75 Å². The van der Waals surface area contributed by atoms with Crippen LogP contribution in [0.15, 0.2) is 24.3 Å². The fourth-order valence-corrected chi connectivity index (χ4v) is 1.93. The van der Waals surface area contributed by atoms with Crippen LogP contribution in [0.2, 0.25) is 0 Å². The fourth-order valence-electron chi connectivity index (χ4n) is 1.93. The van der Waals surface area contributed by atoms with E-state index >= 15 is 0 Å². The highest BCUT2D eigenvalue weighted by Crippen LogP contribution is 2.23. The molecule has 0 radical (unpaired) electrons. The molecule has 2 N–H and O–H groups in total. The third-order valence-corrected chi connectivity index (χ3v) is 3.06. The van der Waals surface area contributed by atoms with Gasteiger partial charge in [0.2, 0.25) is 5.91 Å². The third kappa shape index (κ3) is 5.80. The lowest BCUT2D eigenvalue weighted by molar-refractivity contribution is -0.122. The Morgan fingerprint density at radius 3 is 2.30 bits per heavy atom. The molecule has 1 rings (SSSR count). The van der Waals surface area contributed by atoms with Crippen LogP contribution in [0.25, 0.3) is 0 Å². The number of ether oxygens (including phenoxy) is 1. The monoisotopic (exact) mass is 300 g/mol. The number of amides is 1. The summed E-state index contributed by atoms with van der Waals surface area (Å²) < 4.78 is 5.15. The largest absolute Gasteiger partial charge is 0.497 e. The van der Waals surface area contributed by atoms with Gasteiger partial charge in [-0.1, -0.05) is 26.0 Å². The van der Waals surface area contributed by atoms with Crippen molar-refractivity contribution in [2.24, 2.45) is 5.92 Å². The summed E-state index contributed by atoms with van der Waals surface area (Å²) in [6.07, 6.45) is 0.496. The zero-order chi connectivity index (χ0) is 14.3. The summed E-state index contributed by atoms with van der Waals surface area (Å²) in [5.74, 6) is 1.24. The molecule has 1 atom stereocenters. The lowest BCUT2D eigenvalue weighted by atomic mass is 9.96. The minimum absolute atomic E-state index is 0. The smallest absolute Gasteiger partial charge is 0.221 e. The summed E-state index contributed by atoms with van der Waals surface area (Å²) in [6, 6.07) is 7.88. The van der Waals surface area contributed by atoms with Gasteiger partial charge in [0.15, 0.2) is 0 Å². The van der Waals surface area contributed by atoms with Crippen molar-refractivity contribution in [3.8, 4) is 5.75 Å². The van der Waals surface area contributed by atoms with Crippen molar-refractivity contribution in [1.82, 2.24) is 10.6 Å². The molecule has 0 aliphatic carbocycles. The zero-order valence-electron chi connectivity index (χ0n) is 12.6. The standard InChI is InChI=1S/C15H24N2O2.ClH/c1-11(2)15(17-14(18)9-10-16-3)12-5-7-13(19-4)8-6-12;/h5-8,11,15-16H,9-10H2,1-4H3,(H,17,18);1H. The van der Waals surface area contributed by atoms with Crippen LogP contribution in [-0.2, 0) is 4.79 Å². The Morgan fingerprint density at radius 1 is 1.25 bits per heavy atom. The van der Waals surface area contributed by atoms with Crippen LogP contribution in [0, 0.1) is 5.92 Å². The van der Waals surface area contributed by atoms with E-state index in [2.05, 4.69) is 24.5 Å². The SMILES string of the molecule is CNCCC(=O)NC(c1ccc(OC)cc1)C(C)C.Cl. The lowest BCUT2D eigenvalue weighted by Crippen LogP contribution is -2.33. The maximum Gasteiger partial charge on any atom is 0.221 e. The van der Waals surface area contributed by atoms with E-state index in [9.17, 15) is 4.79 Å². The number of methoxy groups -OCH3 is 1. The molecule has 1 aromatic carbocycles. The normalized spacial score (nSPS) is 11.7. The molecule has 0 heterocycles. The molecule has 0 spiro atoms. The van der Waals surface area contributed by atoms with Crippen molar-refractivity contribution >= 4 is 18.3 Å². The summed E-state index contributed by atoms with van der Waals surface area (Å²) in [5, 5.41) is 6.06. The molecule has 114 valence electrons. The Morgan fingerprint density at radius 2 is 1.85 bits per heavy atom. The molecule has 1 amide bonds. The molecular weight excluding hydrogens is 276 g/mol. The van der Waals surface area contributed by atoms with Gasteiger partial charge >= 0.3 is 0 Å². The average Bonchev–Trinajstić information content (AvgIpc) is 2.42. The Labute approximate surface area is 127 Å². The van der Waals surface area contributed by atoms with Gasteiger partial charge in [-0.25, -0.2) is 0 Å². The molecular formula is C15H25ClN2O2. The first kappa shape index (κ1) is 18.7. The number of carbonyl (C=O) groups is 1. The van der Waals surface area contributed by atoms with Crippen molar-refractivity contribution in [3.63, 3.8) is 0 Å². The maximum atomic E-state index is 11.8. The summed E-state index contributed by atoms with van der Waals surface area (Å²) in [6.45, 7) is 4.90. The Balaban J connectivity index is 0.00000361. The van der Waals surface area contributed by atoms with E-state index in [0.29, 0.717) is 18.9 Å². The van der Waals surface area contributed by atoms with Crippen molar-refractivity contribution in [2.75, 3.05) is 20.7 Å². The summed E-state index contributed by atoms with van der Waals surface area (Å²) in [7, 11) is 3.49. The fraction of sp³-hybridized carbons (Fsp3) is 0.533. The topological polar surface area (TPSA) is 50.4 Å². The van der Waals surface area contributed by atoms with Gasteiger partial charge in [-0.05, 0) is 30.7 Å². The van der Waals surface area contributed by atoms with E-state index < -0.39 is 0 Å². The first-order valence-corrected chi connectivity index (χ1v) is 6.66.